The van der Waals surface area contributed by atoms with E-state index >= 15 is 0 Å². The lowest BCUT2D eigenvalue weighted by atomic mass is 9.90. The van der Waals surface area contributed by atoms with Crippen LogP contribution in [-0.4, -0.2) is 29.5 Å². The van der Waals surface area contributed by atoms with E-state index in [2.05, 4.69) is 16.8 Å². The van der Waals surface area contributed by atoms with Crippen LogP contribution in [0.2, 0.25) is 0 Å². The van der Waals surface area contributed by atoms with Gasteiger partial charge in [0.05, 0.1) is 5.69 Å². The second-order valence-electron chi connectivity index (χ2n) is 5.99. The smallest absolute Gasteiger partial charge is 0.226 e. The molecule has 0 bridgehead atoms. The molecule has 1 aromatic carbocycles. The van der Waals surface area contributed by atoms with Gasteiger partial charge in [0, 0.05) is 18.7 Å². The number of nitrogens with two attached hydrogens (primary N) is 1. The van der Waals surface area contributed by atoms with Crippen molar-refractivity contribution >= 4 is 0 Å². The minimum absolute atomic E-state index is 0.256. The molecule has 4 nitrogen and oxygen atoms in total. The lowest BCUT2D eigenvalue weighted by Gasteiger charge is -2.21. The van der Waals surface area contributed by atoms with Crippen molar-refractivity contribution in [3.8, 4) is 11.5 Å². The number of likely N-dealkylation sites (tertiary alicyclic amines) is 1. The summed E-state index contributed by atoms with van der Waals surface area (Å²) in [5, 5.41) is 0. The molecule has 1 aliphatic rings. The molecule has 106 valence electrons. The molecular weight excluding hydrogens is 250 g/mol. The summed E-state index contributed by atoms with van der Waals surface area (Å²) in [5.41, 5.74) is 8.11. The van der Waals surface area contributed by atoms with Gasteiger partial charge in [-0.1, -0.05) is 25.1 Å². The monoisotopic (exact) mass is 271 g/mol. The van der Waals surface area contributed by atoms with Gasteiger partial charge in [-0.3, -0.25) is 4.90 Å². The highest BCUT2D eigenvalue weighted by molar-refractivity contribution is 5.52. The molecule has 1 unspecified atom stereocenters. The Balaban J connectivity index is 1.67. The first kappa shape index (κ1) is 13.3. The molecule has 20 heavy (non-hydrogen) atoms. The number of hydrogen-bond acceptors (Lipinski definition) is 4. The minimum atomic E-state index is 0.256. The van der Waals surface area contributed by atoms with Gasteiger partial charge in [-0.15, -0.1) is 0 Å². The molecule has 1 fully saturated rings. The van der Waals surface area contributed by atoms with Crippen LogP contribution in [0.1, 0.15) is 19.0 Å². The van der Waals surface area contributed by atoms with Crippen molar-refractivity contribution in [1.29, 1.82) is 0 Å². The van der Waals surface area contributed by atoms with Crippen molar-refractivity contribution < 1.29 is 4.42 Å². The van der Waals surface area contributed by atoms with Gasteiger partial charge in [-0.25, -0.2) is 4.98 Å². The van der Waals surface area contributed by atoms with E-state index in [0.29, 0.717) is 5.89 Å². The third kappa shape index (κ3) is 2.76. The van der Waals surface area contributed by atoms with Crippen molar-refractivity contribution in [2.45, 2.75) is 19.9 Å². The summed E-state index contributed by atoms with van der Waals surface area (Å²) < 4.78 is 5.58. The standard InChI is InChI=1S/C16H21N3O/c1-16(11-17)7-8-19(12-16)9-14-10-20-15(18-14)13-5-3-2-4-6-13/h2-6,10H,7-9,11-12,17H2,1H3. The van der Waals surface area contributed by atoms with E-state index in [1.807, 2.05) is 30.3 Å². The first-order valence-corrected chi connectivity index (χ1v) is 7.11. The van der Waals surface area contributed by atoms with Gasteiger partial charge in [0.1, 0.15) is 6.26 Å². The summed E-state index contributed by atoms with van der Waals surface area (Å²) in [7, 11) is 0. The molecule has 2 heterocycles. The van der Waals surface area contributed by atoms with Crippen LogP contribution < -0.4 is 5.73 Å². The van der Waals surface area contributed by atoms with E-state index < -0.39 is 0 Å². The summed E-state index contributed by atoms with van der Waals surface area (Å²) in [5.74, 6) is 0.696. The molecule has 1 aliphatic heterocycles. The SMILES string of the molecule is CC1(CN)CCN(Cc2coc(-c3ccccc3)n2)C1. The van der Waals surface area contributed by atoms with Crippen LogP contribution in [0, 0.1) is 5.41 Å². The molecule has 0 saturated carbocycles. The molecule has 0 aliphatic carbocycles. The molecule has 1 atom stereocenters. The second-order valence-corrected chi connectivity index (χ2v) is 5.99. The van der Waals surface area contributed by atoms with Gasteiger partial charge in [-0.05, 0) is 37.1 Å². The number of aromatic nitrogens is 1. The molecule has 2 N–H and O–H groups in total. The highest BCUT2D eigenvalue weighted by atomic mass is 16.3. The van der Waals surface area contributed by atoms with Crippen LogP contribution in [-0.2, 0) is 6.54 Å². The minimum Gasteiger partial charge on any atom is -0.444 e. The van der Waals surface area contributed by atoms with Gasteiger partial charge < -0.3 is 10.2 Å². The maximum absolute atomic E-state index is 5.84. The normalized spacial score (nSPS) is 23.3. The molecule has 1 aromatic heterocycles. The number of oxazole rings is 1. The van der Waals surface area contributed by atoms with E-state index in [4.69, 9.17) is 10.2 Å². The number of rotatable bonds is 4. The average Bonchev–Trinajstić information content (AvgIpc) is 3.08. The summed E-state index contributed by atoms with van der Waals surface area (Å²) in [6.45, 7) is 5.97. The zero-order valence-corrected chi connectivity index (χ0v) is 11.9. The molecule has 2 aromatic rings. The maximum atomic E-state index is 5.84. The summed E-state index contributed by atoms with van der Waals surface area (Å²) >= 11 is 0. The third-order valence-electron chi connectivity index (χ3n) is 4.09. The second kappa shape index (κ2) is 5.38. The van der Waals surface area contributed by atoms with Crippen LogP contribution in [0.5, 0.6) is 0 Å². The molecule has 0 amide bonds. The Bertz CT molecular complexity index is 566. The number of benzene rings is 1. The van der Waals surface area contributed by atoms with Gasteiger partial charge in [-0.2, -0.15) is 0 Å². The van der Waals surface area contributed by atoms with Crippen LogP contribution in [0.25, 0.3) is 11.5 Å². The van der Waals surface area contributed by atoms with E-state index in [1.54, 1.807) is 6.26 Å². The van der Waals surface area contributed by atoms with Gasteiger partial charge in [0.25, 0.3) is 0 Å². The van der Waals surface area contributed by atoms with Crippen LogP contribution in [0.4, 0.5) is 0 Å². The molecule has 0 radical (unpaired) electrons. The van der Waals surface area contributed by atoms with Crippen molar-refractivity contribution in [2.24, 2.45) is 11.1 Å². The Morgan fingerprint density at radius 2 is 2.15 bits per heavy atom. The van der Waals surface area contributed by atoms with Gasteiger partial charge in [0.15, 0.2) is 0 Å². The molecule has 0 spiro atoms. The quantitative estimate of drug-likeness (QED) is 0.928. The Kier molecular flexibility index (Phi) is 3.59. The van der Waals surface area contributed by atoms with E-state index in [1.165, 1.54) is 0 Å². The highest BCUT2D eigenvalue weighted by Gasteiger charge is 2.32. The maximum Gasteiger partial charge on any atom is 0.226 e. The Hall–Kier alpha value is -1.65. The Labute approximate surface area is 119 Å². The lowest BCUT2D eigenvalue weighted by molar-refractivity contribution is 0.272. The van der Waals surface area contributed by atoms with Crippen LogP contribution in [0.3, 0.4) is 0 Å². The van der Waals surface area contributed by atoms with Crippen molar-refractivity contribution in [3.63, 3.8) is 0 Å². The zero-order chi connectivity index (χ0) is 14.0. The molecular formula is C16H21N3O. The average molecular weight is 271 g/mol. The molecule has 1 saturated heterocycles. The summed E-state index contributed by atoms with van der Waals surface area (Å²) in [6, 6.07) is 10.00. The van der Waals surface area contributed by atoms with Crippen LogP contribution in [0.15, 0.2) is 41.0 Å². The Morgan fingerprint density at radius 3 is 2.85 bits per heavy atom. The molecule has 4 heteroatoms. The number of nitrogens with zero attached hydrogens (tertiary/aromatic N) is 2. The van der Waals surface area contributed by atoms with Crippen LogP contribution >= 0.6 is 0 Å². The fourth-order valence-electron chi connectivity index (χ4n) is 2.75. The lowest BCUT2D eigenvalue weighted by Crippen LogP contribution is -2.31. The number of hydrogen-bond donors (Lipinski definition) is 1. The fraction of sp³-hybridized carbons (Fsp3) is 0.438. The van der Waals surface area contributed by atoms with E-state index in [9.17, 15) is 0 Å². The van der Waals surface area contributed by atoms with Gasteiger partial charge >= 0.3 is 0 Å². The fourth-order valence-corrected chi connectivity index (χ4v) is 2.75. The summed E-state index contributed by atoms with van der Waals surface area (Å²) in [6.07, 6.45) is 2.92. The molecule has 3 rings (SSSR count). The van der Waals surface area contributed by atoms with E-state index in [0.717, 1.165) is 43.9 Å². The van der Waals surface area contributed by atoms with E-state index in [-0.39, 0.29) is 5.41 Å². The third-order valence-corrected chi connectivity index (χ3v) is 4.09. The Morgan fingerprint density at radius 1 is 1.35 bits per heavy atom. The largest absolute Gasteiger partial charge is 0.444 e. The first-order valence-electron chi connectivity index (χ1n) is 7.11. The van der Waals surface area contributed by atoms with Crippen molar-refractivity contribution in [2.75, 3.05) is 19.6 Å². The zero-order valence-electron chi connectivity index (χ0n) is 11.9. The summed E-state index contributed by atoms with van der Waals surface area (Å²) in [4.78, 5) is 6.98. The predicted octanol–water partition coefficient (Wildman–Crippen LogP) is 2.51. The van der Waals surface area contributed by atoms with Crippen molar-refractivity contribution in [3.05, 3.63) is 42.3 Å². The topological polar surface area (TPSA) is 55.3 Å². The highest BCUT2D eigenvalue weighted by Crippen LogP contribution is 2.29. The predicted molar refractivity (Wildman–Crippen MR) is 79.0 cm³/mol. The van der Waals surface area contributed by atoms with Gasteiger partial charge in [0.2, 0.25) is 5.89 Å². The van der Waals surface area contributed by atoms with Crippen molar-refractivity contribution in [1.82, 2.24) is 9.88 Å². The first-order chi connectivity index (χ1) is 9.68.